The second-order valence-corrected chi connectivity index (χ2v) is 7.47. The van der Waals surface area contributed by atoms with Crippen LogP contribution >= 0.6 is 0 Å². The minimum atomic E-state index is -0.793. The number of rotatable bonds is 6. The standard InChI is InChI=1S/C24H26N2O7/c1-3-31-24(30)33-20-9-7-17(8-10-20)23(29)26-13-11-19(12-14-26)25-22(28)18-5-4-6-21(15-18)32-16(2)27/h4-10,15,19H,3,11-14H2,1-2H3,(H,25,28). The number of ether oxygens (including phenoxy) is 3. The molecule has 0 bridgehead atoms. The highest BCUT2D eigenvalue weighted by atomic mass is 16.7. The monoisotopic (exact) mass is 454 g/mol. The predicted molar refractivity (Wildman–Crippen MR) is 118 cm³/mol. The van der Waals surface area contributed by atoms with Crippen molar-refractivity contribution < 1.29 is 33.4 Å². The molecule has 0 saturated carbocycles. The van der Waals surface area contributed by atoms with Gasteiger partial charge in [0.05, 0.1) is 6.61 Å². The van der Waals surface area contributed by atoms with Crippen molar-refractivity contribution in [2.24, 2.45) is 0 Å². The van der Waals surface area contributed by atoms with Crippen LogP contribution in [0.2, 0.25) is 0 Å². The van der Waals surface area contributed by atoms with E-state index in [1.165, 1.54) is 13.0 Å². The Balaban J connectivity index is 1.50. The van der Waals surface area contributed by atoms with E-state index < -0.39 is 12.1 Å². The number of nitrogens with one attached hydrogen (secondary N) is 1. The summed E-state index contributed by atoms with van der Waals surface area (Å²) in [5, 5.41) is 2.97. The Bertz CT molecular complexity index is 1010. The molecule has 174 valence electrons. The minimum absolute atomic E-state index is 0.0701. The molecule has 1 aliphatic rings. The molecule has 0 radical (unpaired) electrons. The number of likely N-dealkylation sites (tertiary alicyclic amines) is 1. The second-order valence-electron chi connectivity index (χ2n) is 7.47. The largest absolute Gasteiger partial charge is 0.513 e. The number of carbonyl (C=O) groups excluding carboxylic acids is 4. The number of esters is 1. The van der Waals surface area contributed by atoms with Crippen molar-refractivity contribution >= 4 is 23.9 Å². The van der Waals surface area contributed by atoms with Gasteiger partial charge in [-0.25, -0.2) is 4.79 Å². The summed E-state index contributed by atoms with van der Waals surface area (Å²) in [7, 11) is 0. The normalized spacial score (nSPS) is 13.7. The Morgan fingerprint density at radius 2 is 1.64 bits per heavy atom. The van der Waals surface area contributed by atoms with Gasteiger partial charge in [0.2, 0.25) is 0 Å². The fourth-order valence-corrected chi connectivity index (χ4v) is 3.45. The van der Waals surface area contributed by atoms with Crippen LogP contribution in [0.15, 0.2) is 48.5 Å². The van der Waals surface area contributed by atoms with Gasteiger partial charge in [0.25, 0.3) is 11.8 Å². The van der Waals surface area contributed by atoms with Crippen molar-refractivity contribution in [3.8, 4) is 11.5 Å². The lowest BCUT2D eigenvalue weighted by molar-refractivity contribution is -0.131. The summed E-state index contributed by atoms with van der Waals surface area (Å²) in [5.41, 5.74) is 0.883. The number of benzene rings is 2. The van der Waals surface area contributed by atoms with E-state index in [0.29, 0.717) is 48.6 Å². The molecule has 33 heavy (non-hydrogen) atoms. The van der Waals surface area contributed by atoms with Crippen molar-refractivity contribution in [2.75, 3.05) is 19.7 Å². The highest BCUT2D eigenvalue weighted by Crippen LogP contribution is 2.19. The summed E-state index contributed by atoms with van der Waals surface area (Å²) in [6, 6.07) is 12.6. The Morgan fingerprint density at radius 3 is 2.27 bits per heavy atom. The first-order valence-corrected chi connectivity index (χ1v) is 10.7. The van der Waals surface area contributed by atoms with E-state index in [9.17, 15) is 19.2 Å². The van der Waals surface area contributed by atoms with Gasteiger partial charge in [-0.2, -0.15) is 0 Å². The zero-order chi connectivity index (χ0) is 23.8. The van der Waals surface area contributed by atoms with Crippen LogP contribution in [0.25, 0.3) is 0 Å². The quantitative estimate of drug-likeness (QED) is 0.405. The van der Waals surface area contributed by atoms with E-state index in [-0.39, 0.29) is 24.5 Å². The summed E-state index contributed by atoms with van der Waals surface area (Å²) in [6.45, 7) is 4.19. The summed E-state index contributed by atoms with van der Waals surface area (Å²) in [6.07, 6.45) is 0.440. The molecule has 1 fully saturated rings. The Kier molecular flexibility index (Phi) is 8.01. The van der Waals surface area contributed by atoms with Crippen LogP contribution in [0, 0.1) is 0 Å². The van der Waals surface area contributed by atoms with E-state index in [1.54, 1.807) is 54.3 Å². The predicted octanol–water partition coefficient (Wildman–Crippen LogP) is 3.18. The number of nitrogens with zero attached hydrogens (tertiary/aromatic N) is 1. The van der Waals surface area contributed by atoms with E-state index in [0.717, 1.165) is 0 Å². The number of amides is 2. The van der Waals surface area contributed by atoms with Crippen LogP contribution in [0.5, 0.6) is 11.5 Å². The zero-order valence-corrected chi connectivity index (χ0v) is 18.5. The zero-order valence-electron chi connectivity index (χ0n) is 18.5. The van der Waals surface area contributed by atoms with Crippen LogP contribution in [0.1, 0.15) is 47.4 Å². The Hall–Kier alpha value is -3.88. The molecule has 2 aromatic rings. The van der Waals surface area contributed by atoms with Crippen molar-refractivity contribution in [3.05, 3.63) is 59.7 Å². The smallest absolute Gasteiger partial charge is 0.434 e. The van der Waals surface area contributed by atoms with Crippen LogP contribution < -0.4 is 14.8 Å². The molecular weight excluding hydrogens is 428 g/mol. The van der Waals surface area contributed by atoms with Gasteiger partial charge in [-0.05, 0) is 62.2 Å². The lowest BCUT2D eigenvalue weighted by Crippen LogP contribution is -2.46. The van der Waals surface area contributed by atoms with Gasteiger partial charge in [0.15, 0.2) is 0 Å². The molecule has 0 atom stereocenters. The number of carbonyl (C=O) groups is 4. The van der Waals surface area contributed by atoms with E-state index in [1.807, 2.05) is 0 Å². The van der Waals surface area contributed by atoms with Gasteiger partial charge < -0.3 is 24.4 Å². The summed E-state index contributed by atoms with van der Waals surface area (Å²) in [4.78, 5) is 49.5. The molecule has 0 unspecified atom stereocenters. The highest BCUT2D eigenvalue weighted by molar-refractivity contribution is 5.95. The average molecular weight is 454 g/mol. The van der Waals surface area contributed by atoms with Gasteiger partial charge in [-0.3, -0.25) is 14.4 Å². The molecule has 1 N–H and O–H groups in total. The van der Waals surface area contributed by atoms with Crippen molar-refractivity contribution in [3.63, 3.8) is 0 Å². The molecule has 2 amide bonds. The van der Waals surface area contributed by atoms with Gasteiger partial charge in [0, 0.05) is 37.2 Å². The minimum Gasteiger partial charge on any atom is -0.434 e. The first-order chi connectivity index (χ1) is 15.9. The van der Waals surface area contributed by atoms with Gasteiger partial charge in [0.1, 0.15) is 11.5 Å². The van der Waals surface area contributed by atoms with Crippen molar-refractivity contribution in [1.82, 2.24) is 10.2 Å². The molecule has 1 heterocycles. The second kappa shape index (κ2) is 11.1. The topological polar surface area (TPSA) is 111 Å². The Morgan fingerprint density at radius 1 is 0.939 bits per heavy atom. The average Bonchev–Trinajstić information content (AvgIpc) is 2.79. The fourth-order valence-electron chi connectivity index (χ4n) is 3.45. The van der Waals surface area contributed by atoms with E-state index in [2.05, 4.69) is 5.32 Å². The number of piperidine rings is 1. The van der Waals surface area contributed by atoms with Crippen molar-refractivity contribution in [1.29, 1.82) is 0 Å². The van der Waals surface area contributed by atoms with Gasteiger partial charge >= 0.3 is 12.1 Å². The highest BCUT2D eigenvalue weighted by Gasteiger charge is 2.25. The molecule has 9 heteroatoms. The maximum absolute atomic E-state index is 12.8. The molecular formula is C24H26N2O7. The van der Waals surface area contributed by atoms with Gasteiger partial charge in [-0.1, -0.05) is 6.07 Å². The molecule has 2 aromatic carbocycles. The van der Waals surface area contributed by atoms with Crippen molar-refractivity contribution in [2.45, 2.75) is 32.7 Å². The molecule has 9 nitrogen and oxygen atoms in total. The summed E-state index contributed by atoms with van der Waals surface area (Å²) < 4.78 is 14.7. The molecule has 1 saturated heterocycles. The third-order valence-electron chi connectivity index (χ3n) is 5.04. The molecule has 0 spiro atoms. The van der Waals surface area contributed by atoms with E-state index in [4.69, 9.17) is 14.2 Å². The maximum atomic E-state index is 12.8. The van der Waals surface area contributed by atoms with Crippen LogP contribution in [-0.4, -0.2) is 54.6 Å². The molecule has 0 aliphatic carbocycles. The third-order valence-corrected chi connectivity index (χ3v) is 5.04. The maximum Gasteiger partial charge on any atom is 0.513 e. The van der Waals surface area contributed by atoms with Crippen LogP contribution in [-0.2, 0) is 9.53 Å². The number of hydrogen-bond donors (Lipinski definition) is 1. The molecule has 1 aliphatic heterocycles. The summed E-state index contributed by atoms with van der Waals surface area (Å²) in [5.74, 6) is -0.230. The van der Waals surface area contributed by atoms with E-state index >= 15 is 0 Å². The fraction of sp³-hybridized carbons (Fsp3) is 0.333. The SMILES string of the molecule is CCOC(=O)Oc1ccc(C(=O)N2CCC(NC(=O)c3cccc(OC(C)=O)c3)CC2)cc1. The lowest BCUT2D eigenvalue weighted by atomic mass is 10.0. The van der Waals surface area contributed by atoms with Crippen LogP contribution in [0.4, 0.5) is 4.79 Å². The molecule has 0 aromatic heterocycles. The third kappa shape index (κ3) is 6.80. The first-order valence-electron chi connectivity index (χ1n) is 10.7. The Labute approximate surface area is 191 Å². The summed E-state index contributed by atoms with van der Waals surface area (Å²) >= 11 is 0. The number of hydrogen-bond acceptors (Lipinski definition) is 7. The lowest BCUT2D eigenvalue weighted by Gasteiger charge is -2.32. The molecule has 3 rings (SSSR count). The van der Waals surface area contributed by atoms with Crippen LogP contribution in [0.3, 0.4) is 0 Å². The first kappa shape index (κ1) is 23.8. The van der Waals surface area contributed by atoms with Gasteiger partial charge in [-0.15, -0.1) is 0 Å².